The van der Waals surface area contributed by atoms with E-state index in [-0.39, 0.29) is 6.61 Å². The van der Waals surface area contributed by atoms with Crippen LogP contribution in [0, 0.1) is 11.3 Å². The molecule has 0 saturated heterocycles. The van der Waals surface area contributed by atoms with Crippen molar-refractivity contribution in [3.63, 3.8) is 0 Å². The van der Waals surface area contributed by atoms with Gasteiger partial charge in [-0.1, -0.05) is 19.8 Å². The molecule has 0 aromatic rings. The molecule has 2 rings (SSSR count). The molecule has 2 saturated carbocycles. The summed E-state index contributed by atoms with van der Waals surface area (Å²) in [6.45, 7) is 5.40. The first-order valence-corrected chi connectivity index (χ1v) is 7.24. The largest absolute Gasteiger partial charge is 0.395 e. The zero-order valence-corrected chi connectivity index (χ0v) is 11.2. The second-order valence-corrected chi connectivity index (χ2v) is 6.31. The first-order chi connectivity index (χ1) is 8.19. The van der Waals surface area contributed by atoms with Gasteiger partial charge in [-0.05, 0) is 43.6 Å². The van der Waals surface area contributed by atoms with Crippen molar-refractivity contribution in [2.24, 2.45) is 17.1 Å². The highest BCUT2D eigenvalue weighted by Crippen LogP contribution is 2.40. The van der Waals surface area contributed by atoms with Gasteiger partial charge in [0.1, 0.15) is 0 Å². The second-order valence-electron chi connectivity index (χ2n) is 6.31. The first kappa shape index (κ1) is 13.3. The molecule has 0 bridgehead atoms. The summed E-state index contributed by atoms with van der Waals surface area (Å²) in [6, 6.07) is 0.741. The quantitative estimate of drug-likeness (QED) is 0.741. The molecule has 0 aromatic carbocycles. The standard InChI is InChI=1S/C14H28N2O/c1-12-4-6-14(10-15,7-5-12)11-16(8-9-17)13-2-3-13/h12-13,17H,2-11,15H2,1H3. The van der Waals surface area contributed by atoms with E-state index in [9.17, 15) is 0 Å². The summed E-state index contributed by atoms with van der Waals surface area (Å²) in [4.78, 5) is 2.49. The second kappa shape index (κ2) is 5.68. The van der Waals surface area contributed by atoms with E-state index in [2.05, 4.69) is 11.8 Å². The summed E-state index contributed by atoms with van der Waals surface area (Å²) in [7, 11) is 0. The van der Waals surface area contributed by atoms with Crippen LogP contribution in [0.3, 0.4) is 0 Å². The zero-order chi connectivity index (χ0) is 12.3. The Morgan fingerprint density at radius 1 is 1.24 bits per heavy atom. The molecule has 0 heterocycles. The first-order valence-electron chi connectivity index (χ1n) is 7.24. The summed E-state index contributed by atoms with van der Waals surface area (Å²) >= 11 is 0. The number of aliphatic hydroxyl groups excluding tert-OH is 1. The Morgan fingerprint density at radius 3 is 2.35 bits per heavy atom. The summed E-state index contributed by atoms with van der Waals surface area (Å²) in [5, 5.41) is 9.17. The van der Waals surface area contributed by atoms with E-state index in [1.54, 1.807) is 0 Å². The van der Waals surface area contributed by atoms with Crippen LogP contribution in [0.2, 0.25) is 0 Å². The average molecular weight is 240 g/mol. The number of hydrogen-bond donors (Lipinski definition) is 2. The zero-order valence-electron chi connectivity index (χ0n) is 11.2. The van der Waals surface area contributed by atoms with Gasteiger partial charge in [0.05, 0.1) is 6.61 Å². The fourth-order valence-corrected chi connectivity index (χ4v) is 3.19. The summed E-state index contributed by atoms with van der Waals surface area (Å²) in [6.07, 6.45) is 7.84. The van der Waals surface area contributed by atoms with Gasteiger partial charge in [0.15, 0.2) is 0 Å². The van der Waals surface area contributed by atoms with Crippen molar-refractivity contribution in [2.75, 3.05) is 26.2 Å². The highest BCUT2D eigenvalue weighted by molar-refractivity contribution is 4.93. The van der Waals surface area contributed by atoms with Gasteiger partial charge in [0.25, 0.3) is 0 Å². The van der Waals surface area contributed by atoms with Crippen LogP contribution >= 0.6 is 0 Å². The molecule has 3 nitrogen and oxygen atoms in total. The van der Waals surface area contributed by atoms with Crippen LogP contribution in [0.1, 0.15) is 45.4 Å². The lowest BCUT2D eigenvalue weighted by molar-refractivity contribution is 0.0785. The molecule has 0 aromatic heterocycles. The Kier molecular flexibility index (Phi) is 4.45. The molecular formula is C14H28N2O. The van der Waals surface area contributed by atoms with Crippen LogP contribution in [-0.2, 0) is 0 Å². The minimum atomic E-state index is 0.285. The number of nitrogens with zero attached hydrogens (tertiary/aromatic N) is 1. The molecule has 3 N–H and O–H groups in total. The highest BCUT2D eigenvalue weighted by atomic mass is 16.3. The van der Waals surface area contributed by atoms with Crippen molar-refractivity contribution in [2.45, 2.75) is 51.5 Å². The Morgan fingerprint density at radius 2 is 1.88 bits per heavy atom. The third-order valence-electron chi connectivity index (χ3n) is 4.76. The average Bonchev–Trinajstić information content (AvgIpc) is 3.16. The SMILES string of the molecule is CC1CCC(CN)(CN(CCO)C2CC2)CC1. The summed E-state index contributed by atoms with van der Waals surface area (Å²) in [5.41, 5.74) is 6.40. The minimum absolute atomic E-state index is 0.285. The molecule has 3 heteroatoms. The Bertz CT molecular complexity index is 232. The smallest absolute Gasteiger partial charge is 0.0558 e. The van der Waals surface area contributed by atoms with Crippen molar-refractivity contribution >= 4 is 0 Å². The molecular weight excluding hydrogens is 212 g/mol. The van der Waals surface area contributed by atoms with Crippen LogP contribution in [-0.4, -0.2) is 42.3 Å². The molecule has 0 spiro atoms. The predicted molar refractivity (Wildman–Crippen MR) is 70.8 cm³/mol. The lowest BCUT2D eigenvalue weighted by Gasteiger charge is -2.42. The molecule has 100 valence electrons. The van der Waals surface area contributed by atoms with Gasteiger partial charge in [-0.25, -0.2) is 0 Å². The monoisotopic (exact) mass is 240 g/mol. The lowest BCUT2D eigenvalue weighted by Crippen LogP contribution is -2.46. The van der Waals surface area contributed by atoms with Gasteiger partial charge in [0.2, 0.25) is 0 Å². The molecule has 2 aliphatic rings. The molecule has 0 amide bonds. The summed E-state index contributed by atoms with van der Waals surface area (Å²) in [5.74, 6) is 0.877. The highest BCUT2D eigenvalue weighted by Gasteiger charge is 2.38. The Labute approximate surface area is 105 Å². The molecule has 17 heavy (non-hydrogen) atoms. The Balaban J connectivity index is 1.92. The maximum Gasteiger partial charge on any atom is 0.0558 e. The third-order valence-corrected chi connectivity index (χ3v) is 4.76. The van der Waals surface area contributed by atoms with E-state index in [1.165, 1.54) is 38.5 Å². The topological polar surface area (TPSA) is 49.5 Å². The van der Waals surface area contributed by atoms with E-state index in [1.807, 2.05) is 0 Å². The third kappa shape index (κ3) is 3.43. The molecule has 0 aliphatic heterocycles. The van der Waals surface area contributed by atoms with Crippen molar-refractivity contribution in [3.8, 4) is 0 Å². The maximum absolute atomic E-state index is 9.17. The summed E-state index contributed by atoms with van der Waals surface area (Å²) < 4.78 is 0. The van der Waals surface area contributed by atoms with Crippen molar-refractivity contribution < 1.29 is 5.11 Å². The maximum atomic E-state index is 9.17. The van der Waals surface area contributed by atoms with Gasteiger partial charge >= 0.3 is 0 Å². The molecule has 2 fully saturated rings. The van der Waals surface area contributed by atoms with Gasteiger partial charge in [0, 0.05) is 19.1 Å². The van der Waals surface area contributed by atoms with Crippen LogP contribution in [0.4, 0.5) is 0 Å². The molecule has 0 unspecified atom stereocenters. The number of hydrogen-bond acceptors (Lipinski definition) is 3. The van der Waals surface area contributed by atoms with Crippen molar-refractivity contribution in [1.82, 2.24) is 4.90 Å². The van der Waals surface area contributed by atoms with E-state index >= 15 is 0 Å². The fourth-order valence-electron chi connectivity index (χ4n) is 3.19. The predicted octanol–water partition coefficient (Wildman–Crippen LogP) is 1.60. The van der Waals surface area contributed by atoms with Crippen LogP contribution in [0.15, 0.2) is 0 Å². The normalized spacial score (nSPS) is 34.2. The number of nitrogens with two attached hydrogens (primary N) is 1. The molecule has 0 radical (unpaired) electrons. The van der Waals surface area contributed by atoms with E-state index in [0.29, 0.717) is 5.41 Å². The van der Waals surface area contributed by atoms with E-state index < -0.39 is 0 Å². The van der Waals surface area contributed by atoms with Gasteiger partial charge < -0.3 is 10.8 Å². The molecule has 2 aliphatic carbocycles. The van der Waals surface area contributed by atoms with Gasteiger partial charge in [-0.3, -0.25) is 4.90 Å². The van der Waals surface area contributed by atoms with Crippen molar-refractivity contribution in [3.05, 3.63) is 0 Å². The fraction of sp³-hybridized carbons (Fsp3) is 1.00. The molecule has 0 atom stereocenters. The van der Waals surface area contributed by atoms with Gasteiger partial charge in [-0.2, -0.15) is 0 Å². The number of aliphatic hydroxyl groups is 1. The van der Waals surface area contributed by atoms with Crippen molar-refractivity contribution in [1.29, 1.82) is 0 Å². The van der Waals surface area contributed by atoms with Crippen LogP contribution in [0.5, 0.6) is 0 Å². The number of rotatable bonds is 6. The van der Waals surface area contributed by atoms with Gasteiger partial charge in [-0.15, -0.1) is 0 Å². The van der Waals surface area contributed by atoms with Crippen LogP contribution < -0.4 is 5.73 Å². The van der Waals surface area contributed by atoms with Crippen LogP contribution in [0.25, 0.3) is 0 Å². The van der Waals surface area contributed by atoms with E-state index in [0.717, 1.165) is 31.6 Å². The Hall–Kier alpha value is -0.120. The lowest BCUT2D eigenvalue weighted by atomic mass is 9.70. The minimum Gasteiger partial charge on any atom is -0.395 e. The van der Waals surface area contributed by atoms with E-state index in [4.69, 9.17) is 10.8 Å².